The first-order chi connectivity index (χ1) is 18.5. The molecule has 208 valence electrons. The van der Waals surface area contributed by atoms with Gasteiger partial charge in [0.2, 0.25) is 10.0 Å². The van der Waals surface area contributed by atoms with E-state index in [0.29, 0.717) is 11.1 Å². The molecule has 0 aromatic heterocycles. The molecule has 1 aliphatic rings. The predicted molar refractivity (Wildman–Crippen MR) is 144 cm³/mol. The number of hydrogen-bond donors (Lipinski definition) is 2. The lowest BCUT2D eigenvalue weighted by molar-refractivity contribution is 0.0830. The van der Waals surface area contributed by atoms with E-state index in [1.54, 1.807) is 44.2 Å². The number of aliphatic hydroxyl groups is 1. The molecular formula is C28H31F2N3O5S. The number of aliphatic hydroxyl groups excluding tert-OH is 1. The molecule has 3 atom stereocenters. The zero-order valence-electron chi connectivity index (χ0n) is 21.8. The Bertz CT molecular complexity index is 1440. The van der Waals surface area contributed by atoms with Crippen LogP contribution in [-0.2, 0) is 10.0 Å². The van der Waals surface area contributed by atoms with Gasteiger partial charge in [-0.2, -0.15) is 4.31 Å². The Morgan fingerprint density at radius 2 is 1.79 bits per heavy atom. The van der Waals surface area contributed by atoms with E-state index in [-0.39, 0.29) is 36.0 Å². The zero-order chi connectivity index (χ0) is 28.3. The molecule has 1 heterocycles. The monoisotopic (exact) mass is 559 g/mol. The molecule has 3 aromatic carbocycles. The van der Waals surface area contributed by atoms with E-state index in [2.05, 4.69) is 5.32 Å². The maximum Gasteiger partial charge on any atom is 0.321 e. The van der Waals surface area contributed by atoms with E-state index >= 15 is 0 Å². The highest BCUT2D eigenvalue weighted by Gasteiger charge is 2.38. The second-order valence-corrected chi connectivity index (χ2v) is 11.6. The van der Waals surface area contributed by atoms with Gasteiger partial charge in [0.1, 0.15) is 28.4 Å². The highest BCUT2D eigenvalue weighted by molar-refractivity contribution is 7.89. The van der Waals surface area contributed by atoms with Crippen molar-refractivity contribution in [3.05, 3.63) is 78.4 Å². The van der Waals surface area contributed by atoms with Crippen LogP contribution in [0.5, 0.6) is 5.75 Å². The fourth-order valence-corrected chi connectivity index (χ4v) is 6.22. The molecule has 0 saturated heterocycles. The number of ether oxygens (including phenoxy) is 1. The smallest absolute Gasteiger partial charge is 0.321 e. The molecular weight excluding hydrogens is 528 g/mol. The van der Waals surface area contributed by atoms with Crippen molar-refractivity contribution in [2.75, 3.05) is 32.1 Å². The first kappa shape index (κ1) is 28.5. The number of halogens is 2. The average Bonchev–Trinajstić information content (AvgIpc) is 2.91. The Morgan fingerprint density at radius 3 is 2.46 bits per heavy atom. The molecule has 2 N–H and O–H groups in total. The Labute approximate surface area is 226 Å². The summed E-state index contributed by atoms with van der Waals surface area (Å²) in [4.78, 5) is 14.1. The molecule has 0 bridgehead atoms. The maximum atomic E-state index is 14.1. The van der Waals surface area contributed by atoms with Gasteiger partial charge < -0.3 is 20.1 Å². The first-order valence-corrected chi connectivity index (χ1v) is 13.9. The average molecular weight is 560 g/mol. The number of nitrogens with zero attached hydrogens (tertiary/aromatic N) is 2. The number of carbonyl (C=O) groups is 1. The number of benzene rings is 3. The lowest BCUT2D eigenvalue weighted by Crippen LogP contribution is -2.50. The number of likely N-dealkylation sites (N-methyl/N-ethyl adjacent to an activating group) is 1. The van der Waals surface area contributed by atoms with Gasteiger partial charge in [-0.1, -0.05) is 37.3 Å². The molecule has 39 heavy (non-hydrogen) atoms. The van der Waals surface area contributed by atoms with Gasteiger partial charge in [0.05, 0.1) is 18.8 Å². The number of hydrogen-bond acceptors (Lipinski definition) is 5. The third kappa shape index (κ3) is 6.21. The highest BCUT2D eigenvalue weighted by atomic mass is 32.2. The summed E-state index contributed by atoms with van der Waals surface area (Å²) < 4.78 is 62.4. The van der Waals surface area contributed by atoms with Crippen molar-refractivity contribution in [3.8, 4) is 16.9 Å². The number of urea groups is 1. The summed E-state index contributed by atoms with van der Waals surface area (Å²) in [5, 5.41) is 12.4. The molecule has 1 aliphatic heterocycles. The van der Waals surface area contributed by atoms with Crippen LogP contribution in [0, 0.1) is 17.6 Å². The van der Waals surface area contributed by atoms with Gasteiger partial charge in [-0.15, -0.1) is 0 Å². The van der Waals surface area contributed by atoms with Crippen LogP contribution < -0.4 is 10.1 Å². The molecule has 11 heteroatoms. The molecule has 2 amide bonds. The summed E-state index contributed by atoms with van der Waals surface area (Å²) in [5.74, 6) is -1.30. The number of fused-ring (bicyclic) bond motifs is 1. The number of amides is 2. The van der Waals surface area contributed by atoms with Crippen LogP contribution in [0.15, 0.2) is 71.6 Å². The SMILES string of the molecule is C[C@@H]1CN([C@@H](C)CO)S(=O)(=O)c2ccc(-c3ccc(F)cc3)cc2O[C@@H]1CN(C)C(=O)Nc1ccccc1F. The molecule has 0 saturated carbocycles. The van der Waals surface area contributed by atoms with Gasteiger partial charge in [-0.3, -0.25) is 0 Å². The summed E-state index contributed by atoms with van der Waals surface area (Å²) in [7, 11) is -2.52. The fourth-order valence-electron chi connectivity index (χ4n) is 4.39. The van der Waals surface area contributed by atoms with E-state index in [1.807, 2.05) is 0 Å². The zero-order valence-corrected chi connectivity index (χ0v) is 22.7. The highest BCUT2D eigenvalue weighted by Crippen LogP contribution is 2.36. The second-order valence-electron chi connectivity index (χ2n) is 9.70. The van der Waals surface area contributed by atoms with Crippen LogP contribution in [0.25, 0.3) is 11.1 Å². The minimum absolute atomic E-state index is 0.0318. The van der Waals surface area contributed by atoms with Crippen molar-refractivity contribution >= 4 is 21.7 Å². The molecule has 8 nitrogen and oxygen atoms in total. The summed E-state index contributed by atoms with van der Waals surface area (Å²) in [5.41, 5.74) is 1.31. The normalized spacial score (nSPS) is 19.6. The number of sulfonamides is 1. The van der Waals surface area contributed by atoms with E-state index < -0.39 is 45.8 Å². The van der Waals surface area contributed by atoms with Crippen molar-refractivity contribution in [3.63, 3.8) is 0 Å². The molecule has 0 aliphatic carbocycles. The van der Waals surface area contributed by atoms with Crippen molar-refractivity contribution in [2.24, 2.45) is 5.92 Å². The largest absolute Gasteiger partial charge is 0.487 e. The Kier molecular flexibility index (Phi) is 8.53. The summed E-state index contributed by atoms with van der Waals surface area (Å²) in [6, 6.07) is 14.9. The first-order valence-electron chi connectivity index (χ1n) is 12.5. The third-order valence-electron chi connectivity index (χ3n) is 6.76. The lowest BCUT2D eigenvalue weighted by Gasteiger charge is -2.37. The van der Waals surface area contributed by atoms with Gasteiger partial charge in [0.15, 0.2) is 0 Å². The maximum absolute atomic E-state index is 14.1. The number of carbonyl (C=O) groups excluding carboxylic acids is 1. The Balaban J connectivity index is 1.69. The third-order valence-corrected chi connectivity index (χ3v) is 8.78. The Morgan fingerprint density at radius 1 is 1.13 bits per heavy atom. The topological polar surface area (TPSA) is 99.2 Å². The van der Waals surface area contributed by atoms with Crippen LogP contribution in [0.2, 0.25) is 0 Å². The fraction of sp³-hybridized carbons (Fsp3) is 0.321. The number of para-hydroxylation sites is 1. The number of anilines is 1. The van der Waals surface area contributed by atoms with Crippen molar-refractivity contribution in [1.29, 1.82) is 0 Å². The van der Waals surface area contributed by atoms with Gasteiger partial charge in [0.25, 0.3) is 0 Å². The molecule has 3 aromatic rings. The summed E-state index contributed by atoms with van der Waals surface area (Å²) >= 11 is 0. The minimum atomic E-state index is -4.05. The van der Waals surface area contributed by atoms with E-state index in [0.717, 1.165) is 0 Å². The summed E-state index contributed by atoms with van der Waals surface area (Å²) in [6.07, 6.45) is -0.660. The van der Waals surface area contributed by atoms with Crippen molar-refractivity contribution in [2.45, 2.75) is 30.9 Å². The molecule has 0 radical (unpaired) electrons. The molecule has 0 fully saturated rings. The van der Waals surface area contributed by atoms with Crippen molar-refractivity contribution in [1.82, 2.24) is 9.21 Å². The van der Waals surface area contributed by atoms with Gasteiger partial charge in [0, 0.05) is 25.6 Å². The van der Waals surface area contributed by atoms with Crippen LogP contribution in [0.1, 0.15) is 13.8 Å². The number of rotatable bonds is 6. The van der Waals surface area contributed by atoms with Gasteiger partial charge in [-0.25, -0.2) is 22.0 Å². The van der Waals surface area contributed by atoms with Crippen molar-refractivity contribution < 1.29 is 31.8 Å². The van der Waals surface area contributed by atoms with E-state index in [4.69, 9.17) is 4.74 Å². The molecule has 0 unspecified atom stereocenters. The molecule has 4 rings (SSSR count). The summed E-state index contributed by atoms with van der Waals surface area (Å²) in [6.45, 7) is 3.13. The van der Waals surface area contributed by atoms with E-state index in [1.165, 1.54) is 52.7 Å². The van der Waals surface area contributed by atoms with Crippen LogP contribution in [0.4, 0.5) is 19.3 Å². The lowest BCUT2D eigenvalue weighted by atomic mass is 10.0. The second kappa shape index (κ2) is 11.7. The number of nitrogens with one attached hydrogen (secondary N) is 1. The Hall–Kier alpha value is -3.54. The molecule has 0 spiro atoms. The standard InChI is InChI=1S/C28H31F2N3O5S/c1-18-15-33(19(2)17-34)39(36,37)27-13-10-21(20-8-11-22(29)12-9-20)14-25(27)38-26(18)16-32(3)28(35)31-24-7-5-4-6-23(24)30/h4-14,18-19,26,34H,15-17H2,1-3H3,(H,31,35)/t18-,19+,26-/m1/s1. The van der Waals surface area contributed by atoms with Crippen LogP contribution in [0.3, 0.4) is 0 Å². The van der Waals surface area contributed by atoms with E-state index in [9.17, 15) is 27.1 Å². The quantitative estimate of drug-likeness (QED) is 0.461. The van der Waals surface area contributed by atoms with Gasteiger partial charge in [-0.05, 0) is 54.4 Å². The predicted octanol–water partition coefficient (Wildman–Crippen LogP) is 4.56. The van der Waals surface area contributed by atoms with Crippen LogP contribution >= 0.6 is 0 Å². The minimum Gasteiger partial charge on any atom is -0.487 e. The van der Waals surface area contributed by atoms with Crippen LogP contribution in [-0.4, -0.2) is 67.7 Å². The van der Waals surface area contributed by atoms with Gasteiger partial charge >= 0.3 is 6.03 Å².